The largest absolute Gasteiger partial charge is 0.497 e. The summed E-state index contributed by atoms with van der Waals surface area (Å²) < 4.78 is 37.9. The van der Waals surface area contributed by atoms with Crippen molar-refractivity contribution in [2.75, 3.05) is 26.8 Å². The number of nitrogens with one attached hydrogen (secondary N) is 1. The number of piperidine rings is 1. The average molecular weight is 481 g/mol. The average Bonchev–Trinajstić information content (AvgIpc) is 2.78. The third kappa shape index (κ3) is 6.37. The molecule has 0 spiro atoms. The van der Waals surface area contributed by atoms with E-state index in [0.717, 1.165) is 11.3 Å². The molecule has 32 heavy (non-hydrogen) atoms. The summed E-state index contributed by atoms with van der Waals surface area (Å²) in [6, 6.07) is 11.8. The van der Waals surface area contributed by atoms with Crippen molar-refractivity contribution in [3.8, 4) is 11.5 Å². The summed E-state index contributed by atoms with van der Waals surface area (Å²) in [5.41, 5.74) is 0.957. The minimum atomic E-state index is -3.55. The highest BCUT2D eigenvalue weighted by Crippen LogP contribution is 2.23. The Kier molecular flexibility index (Phi) is 8.39. The Hall–Kier alpha value is -2.29. The van der Waals surface area contributed by atoms with Gasteiger partial charge < -0.3 is 14.8 Å². The number of nitrogens with zero attached hydrogens (tertiary/aromatic N) is 1. The van der Waals surface area contributed by atoms with E-state index in [0.29, 0.717) is 56.2 Å². The molecule has 2 aromatic carbocycles. The van der Waals surface area contributed by atoms with Crippen molar-refractivity contribution in [3.05, 3.63) is 53.1 Å². The highest BCUT2D eigenvalue weighted by Gasteiger charge is 2.29. The number of benzene rings is 2. The first-order valence-electron chi connectivity index (χ1n) is 10.6. The Morgan fingerprint density at radius 2 is 1.84 bits per heavy atom. The number of halogens is 1. The number of sulfonamides is 1. The summed E-state index contributed by atoms with van der Waals surface area (Å²) in [7, 11) is -2.01. The van der Waals surface area contributed by atoms with Gasteiger partial charge >= 0.3 is 0 Å². The molecule has 0 bridgehead atoms. The minimum absolute atomic E-state index is 0.0238. The number of hydrogen-bond donors (Lipinski definition) is 1. The quantitative estimate of drug-likeness (QED) is 0.552. The molecule has 1 fully saturated rings. The van der Waals surface area contributed by atoms with Crippen LogP contribution in [0.5, 0.6) is 11.5 Å². The van der Waals surface area contributed by atoms with Crippen LogP contribution in [0.2, 0.25) is 5.02 Å². The van der Waals surface area contributed by atoms with Crippen molar-refractivity contribution in [2.24, 2.45) is 0 Å². The highest BCUT2D eigenvalue weighted by atomic mass is 35.5. The first-order chi connectivity index (χ1) is 15.3. The van der Waals surface area contributed by atoms with Crippen LogP contribution in [0.1, 0.15) is 31.2 Å². The van der Waals surface area contributed by atoms with Gasteiger partial charge in [0, 0.05) is 30.6 Å². The molecule has 9 heteroatoms. The van der Waals surface area contributed by atoms with Gasteiger partial charge in [-0.15, -0.1) is 0 Å². The molecule has 3 rings (SSSR count). The lowest BCUT2D eigenvalue weighted by molar-refractivity contribution is -0.122. The van der Waals surface area contributed by atoms with Crippen LogP contribution in [-0.2, 0) is 14.8 Å². The maximum absolute atomic E-state index is 12.8. The molecule has 0 saturated carbocycles. The smallest absolute Gasteiger partial charge is 0.243 e. The van der Waals surface area contributed by atoms with Crippen LogP contribution in [0, 0.1) is 6.92 Å². The topological polar surface area (TPSA) is 84.9 Å². The second-order valence-electron chi connectivity index (χ2n) is 7.78. The Morgan fingerprint density at radius 1 is 1.16 bits per heavy atom. The van der Waals surface area contributed by atoms with Crippen LogP contribution in [0.25, 0.3) is 0 Å². The van der Waals surface area contributed by atoms with E-state index in [-0.39, 0.29) is 16.8 Å². The third-order valence-electron chi connectivity index (χ3n) is 5.46. The van der Waals surface area contributed by atoms with Crippen molar-refractivity contribution in [1.29, 1.82) is 0 Å². The second kappa shape index (κ2) is 11.0. The molecule has 1 heterocycles. The lowest BCUT2D eigenvalue weighted by Crippen LogP contribution is -2.46. The Balaban J connectivity index is 1.39. The van der Waals surface area contributed by atoms with Gasteiger partial charge in [-0.05, 0) is 74.2 Å². The molecule has 7 nitrogen and oxygen atoms in total. The minimum Gasteiger partial charge on any atom is -0.497 e. The Morgan fingerprint density at radius 3 is 2.47 bits per heavy atom. The van der Waals surface area contributed by atoms with Crippen LogP contribution in [0.3, 0.4) is 0 Å². The number of methoxy groups -OCH3 is 1. The van der Waals surface area contributed by atoms with Gasteiger partial charge in [0.15, 0.2) is 0 Å². The summed E-state index contributed by atoms with van der Waals surface area (Å²) in [4.78, 5) is 12.5. The van der Waals surface area contributed by atoms with Gasteiger partial charge in [0.05, 0.1) is 18.6 Å². The molecule has 0 unspecified atom stereocenters. The zero-order valence-electron chi connectivity index (χ0n) is 18.3. The molecule has 0 aromatic heterocycles. The zero-order valence-corrected chi connectivity index (χ0v) is 19.9. The van der Waals surface area contributed by atoms with E-state index in [4.69, 9.17) is 21.1 Å². The highest BCUT2D eigenvalue weighted by molar-refractivity contribution is 7.89. The van der Waals surface area contributed by atoms with Crippen LogP contribution in [0.15, 0.2) is 47.4 Å². The van der Waals surface area contributed by atoms with E-state index >= 15 is 0 Å². The molecular weight excluding hydrogens is 452 g/mol. The molecule has 1 saturated heterocycles. The Labute approximate surface area is 194 Å². The van der Waals surface area contributed by atoms with E-state index in [1.807, 2.05) is 19.1 Å². The molecule has 0 atom stereocenters. The van der Waals surface area contributed by atoms with Gasteiger partial charge in [-0.2, -0.15) is 4.31 Å². The first-order valence-corrected chi connectivity index (χ1v) is 12.4. The van der Waals surface area contributed by atoms with Crippen molar-refractivity contribution >= 4 is 27.5 Å². The number of aryl methyl sites for hydroxylation is 1. The predicted molar refractivity (Wildman–Crippen MR) is 124 cm³/mol. The van der Waals surface area contributed by atoms with Crippen LogP contribution < -0.4 is 14.8 Å². The van der Waals surface area contributed by atoms with Crippen LogP contribution >= 0.6 is 11.6 Å². The molecule has 1 amide bonds. The molecule has 1 aliphatic heterocycles. The fourth-order valence-corrected chi connectivity index (χ4v) is 5.32. The fourth-order valence-electron chi connectivity index (χ4n) is 3.63. The number of ether oxygens (including phenoxy) is 2. The molecule has 2 aromatic rings. The number of hydrogen-bond acceptors (Lipinski definition) is 5. The maximum Gasteiger partial charge on any atom is 0.243 e. The van der Waals surface area contributed by atoms with E-state index in [1.54, 1.807) is 30.3 Å². The van der Waals surface area contributed by atoms with Crippen LogP contribution in [-0.4, -0.2) is 51.5 Å². The second-order valence-corrected chi connectivity index (χ2v) is 10.2. The number of carbonyl (C=O) groups is 1. The van der Waals surface area contributed by atoms with Gasteiger partial charge in [-0.25, -0.2) is 8.42 Å². The van der Waals surface area contributed by atoms with Crippen molar-refractivity contribution in [2.45, 2.75) is 43.5 Å². The fraction of sp³-hybridized carbons (Fsp3) is 0.435. The lowest BCUT2D eigenvalue weighted by Gasteiger charge is -2.31. The summed E-state index contributed by atoms with van der Waals surface area (Å²) in [6.07, 6.45) is 2.12. The van der Waals surface area contributed by atoms with Gasteiger partial charge in [-0.3, -0.25) is 4.79 Å². The van der Waals surface area contributed by atoms with E-state index in [9.17, 15) is 13.2 Å². The number of amides is 1. The van der Waals surface area contributed by atoms with Crippen molar-refractivity contribution in [1.82, 2.24) is 9.62 Å². The molecule has 1 aliphatic rings. The van der Waals surface area contributed by atoms with E-state index in [1.165, 1.54) is 11.4 Å². The Bertz CT molecular complexity index is 1020. The zero-order chi connectivity index (χ0) is 23.1. The summed E-state index contributed by atoms with van der Waals surface area (Å²) in [5.74, 6) is 1.33. The standard InChI is InChI=1S/C23H29ClN2O5S/c1-17-16-18(24)5-10-22(17)31-15-3-4-23(27)25-19-11-13-26(14-12-19)32(28,29)21-8-6-20(30-2)7-9-21/h5-10,16,19H,3-4,11-15H2,1-2H3,(H,25,27). The predicted octanol–water partition coefficient (Wildman–Crippen LogP) is 3.79. The first kappa shape index (κ1) is 24.4. The monoisotopic (exact) mass is 480 g/mol. The van der Waals surface area contributed by atoms with Gasteiger partial charge in [0.1, 0.15) is 11.5 Å². The lowest BCUT2D eigenvalue weighted by atomic mass is 10.1. The van der Waals surface area contributed by atoms with Gasteiger partial charge in [-0.1, -0.05) is 11.6 Å². The van der Waals surface area contributed by atoms with E-state index in [2.05, 4.69) is 5.32 Å². The van der Waals surface area contributed by atoms with Gasteiger partial charge in [0.2, 0.25) is 15.9 Å². The SMILES string of the molecule is COc1ccc(S(=O)(=O)N2CCC(NC(=O)CCCOc3ccc(Cl)cc3C)CC2)cc1. The van der Waals surface area contributed by atoms with Gasteiger partial charge in [0.25, 0.3) is 0 Å². The normalized spacial score (nSPS) is 15.3. The molecular formula is C23H29ClN2O5S. The van der Waals surface area contributed by atoms with Crippen molar-refractivity contribution in [3.63, 3.8) is 0 Å². The molecule has 0 aliphatic carbocycles. The summed E-state index contributed by atoms with van der Waals surface area (Å²) in [6.45, 7) is 3.11. The van der Waals surface area contributed by atoms with Crippen molar-refractivity contribution < 1.29 is 22.7 Å². The summed E-state index contributed by atoms with van der Waals surface area (Å²) in [5, 5.41) is 3.68. The van der Waals surface area contributed by atoms with E-state index < -0.39 is 10.0 Å². The molecule has 174 valence electrons. The summed E-state index contributed by atoms with van der Waals surface area (Å²) >= 11 is 5.94. The number of rotatable bonds is 9. The van der Waals surface area contributed by atoms with Crippen LogP contribution in [0.4, 0.5) is 0 Å². The number of carbonyl (C=O) groups excluding carboxylic acids is 1. The molecule has 0 radical (unpaired) electrons. The maximum atomic E-state index is 12.8. The molecule has 1 N–H and O–H groups in total. The third-order valence-corrected chi connectivity index (χ3v) is 7.61.